The molecule has 0 aliphatic rings. The molecule has 0 atom stereocenters. The van der Waals surface area contributed by atoms with Gasteiger partial charge in [-0.15, -0.1) is 11.3 Å². The summed E-state index contributed by atoms with van der Waals surface area (Å²) in [4.78, 5) is 12.6. The van der Waals surface area contributed by atoms with Crippen LogP contribution in [0.2, 0.25) is 0 Å². The standard InChI is InChI=1S/C24H31N3O4S2/c1-16(2)13-20-15-21(22(32-20)33(29,30)26-23(28)31-6)18-9-7-17(8-10-18)14-19-11-12-25-27(19)24(3,4)5/h7-12,15-16H,13-14H2,1-6H3,(H,26,28). The maximum Gasteiger partial charge on any atom is 0.420 e. The Morgan fingerprint density at radius 2 is 1.85 bits per heavy atom. The van der Waals surface area contributed by atoms with E-state index in [0.29, 0.717) is 11.5 Å². The molecule has 0 radical (unpaired) electrons. The Morgan fingerprint density at radius 3 is 2.42 bits per heavy atom. The van der Waals surface area contributed by atoms with Crippen LogP contribution in [-0.2, 0) is 33.1 Å². The van der Waals surface area contributed by atoms with Crippen LogP contribution in [-0.4, -0.2) is 31.4 Å². The summed E-state index contributed by atoms with van der Waals surface area (Å²) in [5.41, 5.74) is 3.45. The summed E-state index contributed by atoms with van der Waals surface area (Å²) in [6.07, 6.45) is 2.27. The Kier molecular flexibility index (Phi) is 7.33. The largest absolute Gasteiger partial charge is 0.452 e. The summed E-state index contributed by atoms with van der Waals surface area (Å²) in [5.74, 6) is 0.371. The van der Waals surface area contributed by atoms with Gasteiger partial charge >= 0.3 is 6.09 Å². The van der Waals surface area contributed by atoms with Gasteiger partial charge in [0, 0.05) is 28.8 Å². The summed E-state index contributed by atoms with van der Waals surface area (Å²) >= 11 is 1.18. The first kappa shape index (κ1) is 25.0. The number of aromatic nitrogens is 2. The van der Waals surface area contributed by atoms with Crippen molar-refractivity contribution in [2.24, 2.45) is 5.92 Å². The zero-order valence-corrected chi connectivity index (χ0v) is 21.5. The molecule has 2 heterocycles. The van der Waals surface area contributed by atoms with E-state index in [2.05, 4.69) is 44.5 Å². The van der Waals surface area contributed by atoms with Crippen molar-refractivity contribution in [1.82, 2.24) is 14.5 Å². The molecule has 2 aromatic heterocycles. The van der Waals surface area contributed by atoms with Gasteiger partial charge in [0.15, 0.2) is 0 Å². The molecule has 9 heteroatoms. The van der Waals surface area contributed by atoms with Gasteiger partial charge in [-0.05, 0) is 56.4 Å². The Labute approximate surface area is 199 Å². The second kappa shape index (κ2) is 9.69. The average Bonchev–Trinajstić information content (AvgIpc) is 3.35. The lowest BCUT2D eigenvalue weighted by molar-refractivity contribution is 0.177. The third-order valence-electron chi connectivity index (χ3n) is 5.01. The minimum absolute atomic E-state index is 0.113. The number of thiophene rings is 1. The van der Waals surface area contributed by atoms with Crippen molar-refractivity contribution in [2.75, 3.05) is 7.11 Å². The number of benzene rings is 1. The maximum atomic E-state index is 12.9. The number of sulfonamides is 1. The van der Waals surface area contributed by atoms with Crippen molar-refractivity contribution in [3.8, 4) is 11.1 Å². The fourth-order valence-electron chi connectivity index (χ4n) is 3.60. The van der Waals surface area contributed by atoms with Crippen LogP contribution in [0.3, 0.4) is 0 Å². The van der Waals surface area contributed by atoms with Gasteiger partial charge in [0.25, 0.3) is 10.0 Å². The maximum absolute atomic E-state index is 12.9. The smallest absolute Gasteiger partial charge is 0.420 e. The number of methoxy groups -OCH3 is 1. The first-order chi connectivity index (χ1) is 15.4. The van der Waals surface area contributed by atoms with Gasteiger partial charge in [0.05, 0.1) is 12.6 Å². The number of hydrogen-bond acceptors (Lipinski definition) is 6. The van der Waals surface area contributed by atoms with E-state index in [-0.39, 0.29) is 9.75 Å². The van der Waals surface area contributed by atoms with Crippen LogP contribution in [0.1, 0.15) is 50.8 Å². The number of nitrogens with one attached hydrogen (secondary N) is 1. The third kappa shape index (κ3) is 6.03. The summed E-state index contributed by atoms with van der Waals surface area (Å²) in [6, 6.07) is 11.8. The first-order valence-electron chi connectivity index (χ1n) is 10.8. The van der Waals surface area contributed by atoms with Gasteiger partial charge in [-0.1, -0.05) is 38.1 Å². The Morgan fingerprint density at radius 1 is 1.18 bits per heavy atom. The minimum Gasteiger partial charge on any atom is -0.452 e. The van der Waals surface area contributed by atoms with E-state index in [0.717, 1.165) is 41.6 Å². The molecule has 178 valence electrons. The second-order valence-electron chi connectivity index (χ2n) is 9.39. The first-order valence-corrected chi connectivity index (χ1v) is 13.1. The molecule has 0 unspecified atom stereocenters. The predicted octanol–water partition coefficient (Wildman–Crippen LogP) is 5.20. The van der Waals surface area contributed by atoms with E-state index in [4.69, 9.17) is 0 Å². The number of ether oxygens (including phenoxy) is 1. The van der Waals surface area contributed by atoms with E-state index in [1.165, 1.54) is 11.3 Å². The molecule has 3 aromatic rings. The molecule has 1 amide bonds. The van der Waals surface area contributed by atoms with Gasteiger partial charge in [0.1, 0.15) is 4.21 Å². The number of carbonyl (C=O) groups is 1. The zero-order chi connectivity index (χ0) is 24.4. The molecular weight excluding hydrogens is 458 g/mol. The molecule has 0 bridgehead atoms. The molecule has 0 aliphatic heterocycles. The van der Waals surface area contributed by atoms with Crippen molar-refractivity contribution in [3.05, 3.63) is 58.7 Å². The molecular formula is C24H31N3O4S2. The van der Waals surface area contributed by atoms with E-state index >= 15 is 0 Å². The third-order valence-corrected chi connectivity index (χ3v) is 8.02. The van der Waals surface area contributed by atoms with E-state index in [1.54, 1.807) is 0 Å². The lowest BCUT2D eigenvalue weighted by atomic mass is 10.0. The lowest BCUT2D eigenvalue weighted by Crippen LogP contribution is -2.30. The zero-order valence-electron chi connectivity index (χ0n) is 19.9. The summed E-state index contributed by atoms with van der Waals surface area (Å²) in [5, 5.41) is 4.45. The molecule has 0 fully saturated rings. The van der Waals surface area contributed by atoms with Crippen LogP contribution in [0.5, 0.6) is 0 Å². The summed E-state index contributed by atoms with van der Waals surface area (Å²) in [7, 11) is -2.92. The Bertz CT molecular complexity index is 1220. The molecule has 0 saturated heterocycles. The lowest BCUT2D eigenvalue weighted by Gasteiger charge is -2.22. The number of amides is 1. The monoisotopic (exact) mass is 489 g/mol. The quantitative estimate of drug-likeness (QED) is 0.493. The van der Waals surface area contributed by atoms with Crippen LogP contribution in [0, 0.1) is 5.92 Å². The molecule has 33 heavy (non-hydrogen) atoms. The van der Waals surface area contributed by atoms with Crippen LogP contribution < -0.4 is 4.72 Å². The van der Waals surface area contributed by atoms with Gasteiger partial charge in [-0.3, -0.25) is 4.68 Å². The van der Waals surface area contributed by atoms with E-state index < -0.39 is 16.1 Å². The fraction of sp³-hybridized carbons (Fsp3) is 0.417. The second-order valence-corrected chi connectivity index (χ2v) is 12.4. The van der Waals surface area contributed by atoms with E-state index in [9.17, 15) is 13.2 Å². The topological polar surface area (TPSA) is 90.3 Å². The van der Waals surface area contributed by atoms with Crippen molar-refractivity contribution < 1.29 is 17.9 Å². The average molecular weight is 490 g/mol. The summed E-state index contributed by atoms with van der Waals surface area (Å²) in [6.45, 7) is 10.5. The van der Waals surface area contributed by atoms with Crippen molar-refractivity contribution >= 4 is 27.5 Å². The van der Waals surface area contributed by atoms with Crippen molar-refractivity contribution in [1.29, 1.82) is 0 Å². The van der Waals surface area contributed by atoms with Crippen LogP contribution in [0.15, 0.2) is 46.8 Å². The Hall–Kier alpha value is -2.65. The Balaban J connectivity index is 1.95. The molecule has 1 aromatic carbocycles. The molecule has 0 spiro atoms. The molecule has 0 saturated carbocycles. The number of nitrogens with zero attached hydrogens (tertiary/aromatic N) is 2. The van der Waals surface area contributed by atoms with Gasteiger partial charge in [-0.25, -0.2) is 17.9 Å². The molecule has 3 rings (SSSR count). The number of hydrogen-bond donors (Lipinski definition) is 1. The van der Waals surface area contributed by atoms with Crippen LogP contribution in [0.4, 0.5) is 4.79 Å². The van der Waals surface area contributed by atoms with Crippen LogP contribution >= 0.6 is 11.3 Å². The highest BCUT2D eigenvalue weighted by atomic mass is 32.2. The molecule has 0 aliphatic carbocycles. The SMILES string of the molecule is COC(=O)NS(=O)(=O)c1sc(CC(C)C)cc1-c1ccc(Cc2ccnn2C(C)(C)C)cc1. The van der Waals surface area contributed by atoms with Crippen molar-refractivity contribution in [3.63, 3.8) is 0 Å². The highest BCUT2D eigenvalue weighted by Crippen LogP contribution is 2.36. The van der Waals surface area contributed by atoms with Crippen LogP contribution in [0.25, 0.3) is 11.1 Å². The minimum atomic E-state index is -4.06. The predicted molar refractivity (Wildman–Crippen MR) is 131 cm³/mol. The fourth-order valence-corrected chi connectivity index (χ4v) is 6.47. The van der Waals surface area contributed by atoms with Gasteiger partial charge < -0.3 is 4.74 Å². The highest BCUT2D eigenvalue weighted by Gasteiger charge is 2.26. The molecule has 1 N–H and O–H groups in total. The number of carbonyl (C=O) groups excluding carboxylic acids is 1. The summed E-state index contributed by atoms with van der Waals surface area (Å²) < 4.78 is 34.4. The molecule has 7 nitrogen and oxygen atoms in total. The normalized spacial score (nSPS) is 12.2. The van der Waals surface area contributed by atoms with Crippen molar-refractivity contribution in [2.45, 2.75) is 57.2 Å². The van der Waals surface area contributed by atoms with Gasteiger partial charge in [0.2, 0.25) is 0 Å². The number of rotatable bonds is 7. The van der Waals surface area contributed by atoms with E-state index in [1.807, 2.05) is 52.0 Å². The van der Waals surface area contributed by atoms with Gasteiger partial charge in [-0.2, -0.15) is 5.10 Å². The highest BCUT2D eigenvalue weighted by molar-refractivity contribution is 7.92.